The molecule has 34 heavy (non-hydrogen) atoms. The smallest absolute Gasteiger partial charge is 0.266 e. The number of hydrogen-bond donors (Lipinski definition) is 1. The van der Waals surface area contributed by atoms with Gasteiger partial charge in [0.2, 0.25) is 0 Å². The molecule has 3 aliphatic rings. The molecule has 0 spiro atoms. The first kappa shape index (κ1) is 23.6. The van der Waals surface area contributed by atoms with Crippen molar-refractivity contribution in [2.45, 2.75) is 57.4 Å². The molecule has 1 N–H and O–H groups in total. The molecule has 2 aliphatic carbocycles. The predicted octanol–water partition coefficient (Wildman–Crippen LogP) is 6.05. The van der Waals surface area contributed by atoms with Gasteiger partial charge >= 0.3 is 0 Å². The Labute approximate surface area is 210 Å². The molecular formula is C27H31NO4S2. The second-order valence-electron chi connectivity index (χ2n) is 9.56. The van der Waals surface area contributed by atoms with Crippen LogP contribution in [0.25, 0.3) is 17.4 Å². The number of furan rings is 1. The largest absolute Gasteiger partial charge is 0.497 e. The number of methoxy groups -OCH3 is 1. The van der Waals surface area contributed by atoms with Crippen molar-refractivity contribution in [1.29, 1.82) is 0 Å². The highest BCUT2D eigenvalue weighted by Gasteiger charge is 2.48. The van der Waals surface area contributed by atoms with Gasteiger partial charge in [-0.1, -0.05) is 36.8 Å². The third-order valence-electron chi connectivity index (χ3n) is 7.44. The van der Waals surface area contributed by atoms with Crippen LogP contribution in [0.3, 0.4) is 0 Å². The summed E-state index contributed by atoms with van der Waals surface area (Å²) in [5.41, 5.74) is 2.04. The van der Waals surface area contributed by atoms with Crippen LogP contribution in [0.4, 0.5) is 0 Å². The first-order chi connectivity index (χ1) is 16.6. The van der Waals surface area contributed by atoms with E-state index in [1.807, 2.05) is 35.2 Å². The highest BCUT2D eigenvalue weighted by atomic mass is 32.2. The lowest BCUT2D eigenvalue weighted by molar-refractivity contribution is -0.124. The van der Waals surface area contributed by atoms with Gasteiger partial charge in [0.05, 0.1) is 12.0 Å². The van der Waals surface area contributed by atoms with Crippen molar-refractivity contribution < 1.29 is 19.1 Å². The number of nitrogens with zero attached hydrogens (tertiary/aromatic N) is 1. The molecule has 1 aromatic carbocycles. The lowest BCUT2D eigenvalue weighted by Crippen LogP contribution is -2.41. The number of ether oxygens (including phenoxy) is 1. The summed E-state index contributed by atoms with van der Waals surface area (Å²) in [5, 5.41) is 9.12. The zero-order valence-corrected chi connectivity index (χ0v) is 21.1. The molecule has 3 atom stereocenters. The fourth-order valence-electron chi connectivity index (χ4n) is 5.67. The minimum Gasteiger partial charge on any atom is -0.497 e. The van der Waals surface area contributed by atoms with E-state index in [0.29, 0.717) is 15.1 Å². The normalized spacial score (nSPS) is 25.2. The molecule has 3 unspecified atom stereocenters. The Morgan fingerprint density at radius 1 is 1.21 bits per heavy atom. The molecule has 5 rings (SSSR count). The Morgan fingerprint density at radius 2 is 2.03 bits per heavy atom. The number of aryl methyl sites for hydroxylation is 1. The summed E-state index contributed by atoms with van der Waals surface area (Å²) in [7, 11) is 1.65. The molecule has 1 amide bonds. The van der Waals surface area contributed by atoms with Crippen LogP contribution >= 0.6 is 24.0 Å². The third-order valence-corrected chi connectivity index (χ3v) is 8.77. The number of rotatable bonds is 9. The summed E-state index contributed by atoms with van der Waals surface area (Å²) in [5.74, 6) is 3.67. The SMILES string of the molecule is COc1ccc(-c2cc(CCCCCO)c(C=C3SC(=S)N(C4CC5CCC4C5)C3=O)o2)cc1. The van der Waals surface area contributed by atoms with Gasteiger partial charge in [0.25, 0.3) is 5.91 Å². The fourth-order valence-corrected chi connectivity index (χ4v) is 7.02. The molecule has 2 aromatic rings. The van der Waals surface area contributed by atoms with Gasteiger partial charge in [-0.3, -0.25) is 9.69 Å². The van der Waals surface area contributed by atoms with Crippen molar-refractivity contribution >= 4 is 40.3 Å². The van der Waals surface area contributed by atoms with Gasteiger partial charge in [0.1, 0.15) is 21.6 Å². The zero-order valence-electron chi connectivity index (χ0n) is 19.5. The number of benzene rings is 1. The summed E-state index contributed by atoms with van der Waals surface area (Å²) in [4.78, 5) is 16.0. The monoisotopic (exact) mass is 497 g/mol. The standard InChI is InChI=1S/C27H31NO4S2/c1-31-21-10-8-18(9-11-21)23-15-20(5-3-2-4-12-29)24(32-23)16-25-26(30)28(27(33)34-25)22-14-17-6-7-19(22)13-17/h8-11,15-17,19,22,29H,2-7,12-14H2,1H3. The number of hydrogen-bond acceptors (Lipinski definition) is 6. The van der Waals surface area contributed by atoms with Crippen molar-refractivity contribution in [3.05, 3.63) is 46.6 Å². The molecule has 7 heteroatoms. The Kier molecular flexibility index (Phi) is 7.14. The number of amides is 1. The molecule has 2 heterocycles. The molecule has 2 saturated carbocycles. The summed E-state index contributed by atoms with van der Waals surface area (Å²) in [6.07, 6.45) is 10.3. The van der Waals surface area contributed by atoms with E-state index in [1.54, 1.807) is 7.11 Å². The number of aliphatic hydroxyl groups excluding tert-OH is 1. The van der Waals surface area contributed by atoms with E-state index >= 15 is 0 Å². The van der Waals surface area contributed by atoms with Crippen LogP contribution < -0.4 is 4.74 Å². The first-order valence-electron chi connectivity index (χ1n) is 12.2. The van der Waals surface area contributed by atoms with Crippen LogP contribution in [-0.2, 0) is 11.2 Å². The Hall–Kier alpha value is -2.09. The van der Waals surface area contributed by atoms with Crippen LogP contribution in [0, 0.1) is 11.8 Å². The number of unbranched alkanes of at least 4 members (excludes halogenated alkanes) is 2. The molecule has 1 saturated heterocycles. The number of fused-ring (bicyclic) bond motifs is 2. The second-order valence-corrected chi connectivity index (χ2v) is 11.2. The first-order valence-corrected chi connectivity index (χ1v) is 13.4. The highest BCUT2D eigenvalue weighted by molar-refractivity contribution is 8.26. The quantitative estimate of drug-likeness (QED) is 0.258. The van der Waals surface area contributed by atoms with Crippen LogP contribution in [-0.4, -0.2) is 40.0 Å². The zero-order chi connectivity index (χ0) is 23.7. The minimum absolute atomic E-state index is 0.0289. The molecule has 1 aliphatic heterocycles. The van der Waals surface area contributed by atoms with Crippen molar-refractivity contribution in [3.63, 3.8) is 0 Å². The lowest BCUT2D eigenvalue weighted by Gasteiger charge is -2.30. The maximum Gasteiger partial charge on any atom is 0.266 e. The molecule has 180 valence electrons. The van der Waals surface area contributed by atoms with Gasteiger partial charge in [-0.25, -0.2) is 0 Å². The average molecular weight is 498 g/mol. The fraction of sp³-hybridized carbons (Fsp3) is 0.481. The summed E-state index contributed by atoms with van der Waals surface area (Å²) >= 11 is 7.06. The average Bonchev–Trinajstić information content (AvgIpc) is 3.62. The number of thiocarbonyl (C=S) groups is 1. The number of carbonyl (C=O) groups is 1. The second kappa shape index (κ2) is 10.3. The van der Waals surface area contributed by atoms with Crippen LogP contribution in [0.5, 0.6) is 5.75 Å². The third kappa shape index (κ3) is 4.70. The van der Waals surface area contributed by atoms with Crippen molar-refractivity contribution in [1.82, 2.24) is 4.90 Å². The van der Waals surface area contributed by atoms with E-state index in [0.717, 1.165) is 66.4 Å². The van der Waals surface area contributed by atoms with Gasteiger partial charge in [-0.05, 0) is 86.3 Å². The van der Waals surface area contributed by atoms with Gasteiger partial charge in [0.15, 0.2) is 0 Å². The van der Waals surface area contributed by atoms with Crippen molar-refractivity contribution in [2.24, 2.45) is 11.8 Å². The van der Waals surface area contributed by atoms with Gasteiger partial charge in [-0.15, -0.1) is 0 Å². The van der Waals surface area contributed by atoms with Crippen LogP contribution in [0.2, 0.25) is 0 Å². The Morgan fingerprint density at radius 3 is 2.71 bits per heavy atom. The van der Waals surface area contributed by atoms with Crippen LogP contribution in [0.15, 0.2) is 39.7 Å². The molecule has 3 fully saturated rings. The van der Waals surface area contributed by atoms with E-state index in [4.69, 9.17) is 26.5 Å². The van der Waals surface area contributed by atoms with Gasteiger partial charge in [0, 0.05) is 24.3 Å². The van der Waals surface area contributed by atoms with E-state index in [1.165, 1.54) is 31.0 Å². The Balaban J connectivity index is 1.41. The lowest BCUT2D eigenvalue weighted by atomic mass is 9.94. The molecular weight excluding hydrogens is 466 g/mol. The van der Waals surface area contributed by atoms with E-state index in [2.05, 4.69) is 6.07 Å². The number of carbonyl (C=O) groups excluding carboxylic acids is 1. The van der Waals surface area contributed by atoms with E-state index < -0.39 is 0 Å². The number of aliphatic hydroxyl groups is 1. The maximum absolute atomic E-state index is 13.4. The predicted molar refractivity (Wildman–Crippen MR) is 140 cm³/mol. The summed E-state index contributed by atoms with van der Waals surface area (Å²) in [6.45, 7) is 0.209. The summed E-state index contributed by atoms with van der Waals surface area (Å²) < 4.78 is 12.2. The van der Waals surface area contributed by atoms with Crippen LogP contribution in [0.1, 0.15) is 56.3 Å². The van der Waals surface area contributed by atoms with Gasteiger partial charge in [-0.2, -0.15) is 0 Å². The highest BCUT2D eigenvalue weighted by Crippen LogP contribution is 2.49. The van der Waals surface area contributed by atoms with Crippen molar-refractivity contribution in [2.75, 3.05) is 13.7 Å². The van der Waals surface area contributed by atoms with E-state index in [9.17, 15) is 4.79 Å². The Bertz CT molecular complexity index is 1090. The maximum atomic E-state index is 13.4. The molecule has 5 nitrogen and oxygen atoms in total. The minimum atomic E-state index is 0.0289. The molecule has 0 radical (unpaired) electrons. The molecule has 2 bridgehead atoms. The topological polar surface area (TPSA) is 62.9 Å². The summed E-state index contributed by atoms with van der Waals surface area (Å²) in [6, 6.07) is 10.1. The van der Waals surface area contributed by atoms with Gasteiger partial charge < -0.3 is 14.3 Å². The number of thioether (sulfide) groups is 1. The molecule has 1 aromatic heterocycles. The van der Waals surface area contributed by atoms with Crippen molar-refractivity contribution in [3.8, 4) is 17.1 Å². The van der Waals surface area contributed by atoms with E-state index in [-0.39, 0.29) is 18.6 Å².